The van der Waals surface area contributed by atoms with Crippen LogP contribution in [0.1, 0.15) is 39.4 Å². The van der Waals surface area contributed by atoms with Gasteiger partial charge in [-0.25, -0.2) is 0 Å². The Morgan fingerprint density at radius 1 is 1.28 bits per heavy atom. The minimum absolute atomic E-state index is 0.0282. The number of aryl methyl sites for hydroxylation is 1. The van der Waals surface area contributed by atoms with Crippen LogP contribution in [0.4, 0.5) is 0 Å². The molecule has 0 saturated carbocycles. The number of benzene rings is 1. The van der Waals surface area contributed by atoms with E-state index in [1.54, 1.807) is 43.2 Å². The van der Waals surface area contributed by atoms with E-state index in [4.69, 9.17) is 9.26 Å². The third-order valence-electron chi connectivity index (χ3n) is 4.32. The second-order valence-corrected chi connectivity index (χ2v) is 6.06. The molecule has 1 aromatic heterocycles. The van der Waals surface area contributed by atoms with Gasteiger partial charge in [-0.1, -0.05) is 17.3 Å². The maximum atomic E-state index is 12.4. The van der Waals surface area contributed by atoms with Crippen molar-refractivity contribution in [3.8, 4) is 5.75 Å². The Labute approximate surface area is 145 Å². The van der Waals surface area contributed by atoms with Crippen LogP contribution < -0.4 is 10.1 Å². The van der Waals surface area contributed by atoms with E-state index in [-0.39, 0.29) is 17.9 Å². The van der Waals surface area contributed by atoms with E-state index < -0.39 is 0 Å². The fourth-order valence-corrected chi connectivity index (χ4v) is 2.95. The van der Waals surface area contributed by atoms with E-state index in [2.05, 4.69) is 10.5 Å². The molecule has 2 aromatic rings. The monoisotopic (exact) mass is 343 g/mol. The molecule has 0 radical (unpaired) electrons. The molecule has 132 valence electrons. The van der Waals surface area contributed by atoms with Gasteiger partial charge in [0.2, 0.25) is 0 Å². The standard InChI is InChI=1S/C18H21N3O4/c1-12-11-15(20-25-12)18(23)21-9-7-13(8-10-21)19-17(22)14-5-3-4-6-16(14)24-2/h3-6,11,13H,7-10H2,1-2H3,(H,19,22). The Kier molecular flexibility index (Phi) is 5.02. The lowest BCUT2D eigenvalue weighted by molar-refractivity contribution is 0.0688. The number of aromatic nitrogens is 1. The third kappa shape index (κ3) is 3.81. The van der Waals surface area contributed by atoms with E-state index in [0.717, 1.165) is 0 Å². The van der Waals surface area contributed by atoms with Crippen LogP contribution in [0.25, 0.3) is 0 Å². The molecule has 2 heterocycles. The minimum Gasteiger partial charge on any atom is -0.496 e. The van der Waals surface area contributed by atoms with Crippen molar-refractivity contribution in [1.82, 2.24) is 15.4 Å². The Balaban J connectivity index is 1.56. The van der Waals surface area contributed by atoms with Gasteiger partial charge in [0.15, 0.2) is 5.69 Å². The van der Waals surface area contributed by atoms with Gasteiger partial charge in [0.1, 0.15) is 11.5 Å². The van der Waals surface area contributed by atoms with E-state index in [9.17, 15) is 9.59 Å². The first-order chi connectivity index (χ1) is 12.1. The van der Waals surface area contributed by atoms with Crippen molar-refractivity contribution in [1.29, 1.82) is 0 Å². The molecule has 1 N–H and O–H groups in total. The number of hydrogen-bond donors (Lipinski definition) is 1. The van der Waals surface area contributed by atoms with Gasteiger partial charge in [-0.05, 0) is 31.9 Å². The molecule has 1 saturated heterocycles. The van der Waals surface area contributed by atoms with Crippen molar-refractivity contribution in [2.75, 3.05) is 20.2 Å². The second kappa shape index (κ2) is 7.38. The number of carbonyl (C=O) groups excluding carboxylic acids is 2. The van der Waals surface area contributed by atoms with Crippen LogP contribution >= 0.6 is 0 Å². The van der Waals surface area contributed by atoms with Crippen molar-refractivity contribution < 1.29 is 18.8 Å². The molecule has 3 rings (SSSR count). The van der Waals surface area contributed by atoms with Crippen LogP contribution in [0, 0.1) is 6.92 Å². The molecule has 7 heteroatoms. The number of nitrogens with zero attached hydrogens (tertiary/aromatic N) is 2. The highest BCUT2D eigenvalue weighted by atomic mass is 16.5. The summed E-state index contributed by atoms with van der Waals surface area (Å²) < 4.78 is 10.2. The van der Waals surface area contributed by atoms with Crippen LogP contribution in [0.3, 0.4) is 0 Å². The average Bonchev–Trinajstić information content (AvgIpc) is 3.08. The molecule has 0 unspecified atom stereocenters. The molecule has 0 spiro atoms. The zero-order valence-electron chi connectivity index (χ0n) is 14.3. The van der Waals surface area contributed by atoms with Crippen LogP contribution in [0.2, 0.25) is 0 Å². The van der Waals surface area contributed by atoms with Gasteiger partial charge in [-0.2, -0.15) is 0 Å². The molecule has 1 aliphatic rings. The number of amides is 2. The maximum Gasteiger partial charge on any atom is 0.276 e. The third-order valence-corrected chi connectivity index (χ3v) is 4.32. The van der Waals surface area contributed by atoms with Gasteiger partial charge in [0.05, 0.1) is 12.7 Å². The zero-order valence-corrected chi connectivity index (χ0v) is 14.3. The lowest BCUT2D eigenvalue weighted by Gasteiger charge is -2.32. The molecular formula is C18H21N3O4. The molecular weight excluding hydrogens is 322 g/mol. The molecule has 1 fully saturated rings. The average molecular weight is 343 g/mol. The molecule has 2 amide bonds. The Bertz CT molecular complexity index is 763. The first-order valence-corrected chi connectivity index (χ1v) is 8.25. The van der Waals surface area contributed by atoms with Crippen LogP contribution in [-0.4, -0.2) is 48.1 Å². The van der Waals surface area contributed by atoms with Gasteiger partial charge >= 0.3 is 0 Å². The Morgan fingerprint density at radius 2 is 2.00 bits per heavy atom. The van der Waals surface area contributed by atoms with Crippen molar-refractivity contribution in [3.05, 3.63) is 47.3 Å². The molecule has 1 aromatic carbocycles. The summed E-state index contributed by atoms with van der Waals surface area (Å²) in [7, 11) is 1.54. The molecule has 1 aliphatic heterocycles. The lowest BCUT2D eigenvalue weighted by atomic mass is 10.0. The van der Waals surface area contributed by atoms with Gasteiger partial charge in [0, 0.05) is 25.2 Å². The number of carbonyl (C=O) groups is 2. The fraction of sp³-hybridized carbons (Fsp3) is 0.389. The zero-order chi connectivity index (χ0) is 17.8. The molecule has 0 bridgehead atoms. The predicted octanol–water partition coefficient (Wildman–Crippen LogP) is 2.03. The number of piperidine rings is 1. The quantitative estimate of drug-likeness (QED) is 0.918. The van der Waals surface area contributed by atoms with Crippen molar-refractivity contribution in [2.24, 2.45) is 0 Å². The second-order valence-electron chi connectivity index (χ2n) is 6.06. The van der Waals surface area contributed by atoms with Gasteiger partial charge in [-0.15, -0.1) is 0 Å². The maximum absolute atomic E-state index is 12.4. The van der Waals surface area contributed by atoms with Crippen LogP contribution in [0.15, 0.2) is 34.9 Å². The van der Waals surface area contributed by atoms with Crippen molar-refractivity contribution in [2.45, 2.75) is 25.8 Å². The van der Waals surface area contributed by atoms with Crippen LogP contribution in [-0.2, 0) is 0 Å². The van der Waals surface area contributed by atoms with Gasteiger partial charge in [-0.3, -0.25) is 9.59 Å². The van der Waals surface area contributed by atoms with Gasteiger partial charge in [0.25, 0.3) is 11.8 Å². The fourth-order valence-electron chi connectivity index (χ4n) is 2.95. The van der Waals surface area contributed by atoms with E-state index in [0.29, 0.717) is 48.7 Å². The molecule has 7 nitrogen and oxygen atoms in total. The first-order valence-electron chi connectivity index (χ1n) is 8.25. The number of likely N-dealkylation sites (tertiary alicyclic amines) is 1. The largest absolute Gasteiger partial charge is 0.496 e. The summed E-state index contributed by atoms with van der Waals surface area (Å²) >= 11 is 0. The normalized spacial score (nSPS) is 15.0. The van der Waals surface area contributed by atoms with E-state index >= 15 is 0 Å². The summed E-state index contributed by atoms with van der Waals surface area (Å²) in [6.45, 7) is 2.90. The number of ether oxygens (including phenoxy) is 1. The number of para-hydroxylation sites is 1. The SMILES string of the molecule is COc1ccccc1C(=O)NC1CCN(C(=O)c2cc(C)on2)CC1. The summed E-state index contributed by atoms with van der Waals surface area (Å²) in [6.07, 6.45) is 1.40. The van der Waals surface area contributed by atoms with E-state index in [1.165, 1.54) is 0 Å². The number of nitrogens with one attached hydrogen (secondary N) is 1. The summed E-state index contributed by atoms with van der Waals surface area (Å²) in [6, 6.07) is 8.79. The summed E-state index contributed by atoms with van der Waals surface area (Å²) in [5.74, 6) is 0.872. The lowest BCUT2D eigenvalue weighted by Crippen LogP contribution is -2.46. The van der Waals surface area contributed by atoms with E-state index in [1.807, 2.05) is 6.07 Å². The molecule has 25 heavy (non-hydrogen) atoms. The topological polar surface area (TPSA) is 84.7 Å². The summed E-state index contributed by atoms with van der Waals surface area (Å²) in [4.78, 5) is 26.5. The molecule has 0 aliphatic carbocycles. The predicted molar refractivity (Wildman–Crippen MR) is 90.6 cm³/mol. The highest BCUT2D eigenvalue weighted by molar-refractivity contribution is 5.97. The van der Waals surface area contributed by atoms with Gasteiger partial charge < -0.3 is 19.5 Å². The van der Waals surface area contributed by atoms with Crippen LogP contribution in [0.5, 0.6) is 5.75 Å². The highest BCUT2D eigenvalue weighted by Crippen LogP contribution is 2.19. The summed E-state index contributed by atoms with van der Waals surface area (Å²) in [5, 5.41) is 6.79. The van der Waals surface area contributed by atoms with Crippen molar-refractivity contribution in [3.63, 3.8) is 0 Å². The number of hydrogen-bond acceptors (Lipinski definition) is 5. The highest BCUT2D eigenvalue weighted by Gasteiger charge is 2.26. The number of rotatable bonds is 4. The Hall–Kier alpha value is -2.83. The summed E-state index contributed by atoms with van der Waals surface area (Å²) in [5.41, 5.74) is 0.843. The van der Waals surface area contributed by atoms with Crippen molar-refractivity contribution >= 4 is 11.8 Å². The Morgan fingerprint density at radius 3 is 2.64 bits per heavy atom. The minimum atomic E-state index is -0.158. The first kappa shape index (κ1) is 17.0. The smallest absolute Gasteiger partial charge is 0.276 e. The molecule has 0 atom stereocenters. The number of methoxy groups -OCH3 is 1.